The first kappa shape index (κ1) is 10.4. The van der Waals surface area contributed by atoms with Crippen LogP contribution in [0.5, 0.6) is 0 Å². The predicted molar refractivity (Wildman–Crippen MR) is 49.4 cm³/mol. The van der Waals surface area contributed by atoms with Gasteiger partial charge < -0.3 is 4.98 Å². The van der Waals surface area contributed by atoms with Crippen molar-refractivity contribution in [2.24, 2.45) is 0 Å². The maximum atomic E-state index is 12.4. The van der Waals surface area contributed by atoms with Gasteiger partial charge in [0.1, 0.15) is 0 Å². The largest absolute Gasteiger partial charge is 0.363 e. The fourth-order valence-corrected chi connectivity index (χ4v) is 1.49. The normalized spacial score (nSPS) is 10.8. The molecule has 1 rings (SSSR count). The number of halogens is 3. The number of aryl methyl sites for hydroxylation is 1. The van der Waals surface area contributed by atoms with Crippen LogP contribution in [0.2, 0.25) is 0 Å². The van der Waals surface area contributed by atoms with Crippen LogP contribution in [0.25, 0.3) is 0 Å². The second-order valence-electron chi connectivity index (χ2n) is 2.63. The van der Waals surface area contributed by atoms with E-state index in [1.807, 2.05) is 0 Å². The molecule has 0 fully saturated rings. The topological polar surface area (TPSA) is 32.9 Å². The van der Waals surface area contributed by atoms with Crippen molar-refractivity contribution in [1.29, 1.82) is 0 Å². The van der Waals surface area contributed by atoms with E-state index in [0.29, 0.717) is 5.56 Å². The summed E-state index contributed by atoms with van der Waals surface area (Å²) in [5.41, 5.74) is -0.467. The Morgan fingerprint density at radius 1 is 1.62 bits per heavy atom. The summed E-state index contributed by atoms with van der Waals surface area (Å²) in [4.78, 5) is 13.9. The summed E-state index contributed by atoms with van der Waals surface area (Å²) in [7, 11) is 0. The molecule has 5 heteroatoms. The molecule has 0 aliphatic rings. The van der Waals surface area contributed by atoms with Gasteiger partial charge >= 0.3 is 0 Å². The van der Waals surface area contributed by atoms with Gasteiger partial charge in [-0.15, -0.1) is 0 Å². The SMILES string of the molecule is Cc1c[nH]c(CBr)c(C(F)F)c1=O. The molecule has 0 atom stereocenters. The zero-order valence-corrected chi connectivity index (χ0v) is 8.49. The maximum Gasteiger partial charge on any atom is 0.269 e. The van der Waals surface area contributed by atoms with Gasteiger partial charge in [0, 0.05) is 22.8 Å². The van der Waals surface area contributed by atoms with Gasteiger partial charge in [0.15, 0.2) is 5.43 Å². The van der Waals surface area contributed by atoms with Crippen molar-refractivity contribution in [2.45, 2.75) is 18.7 Å². The van der Waals surface area contributed by atoms with Gasteiger partial charge in [-0.3, -0.25) is 4.79 Å². The summed E-state index contributed by atoms with van der Waals surface area (Å²) in [5, 5.41) is 0.224. The van der Waals surface area contributed by atoms with E-state index in [-0.39, 0.29) is 11.0 Å². The molecule has 1 aromatic heterocycles. The second-order valence-corrected chi connectivity index (χ2v) is 3.19. The molecule has 1 N–H and O–H groups in total. The number of aromatic amines is 1. The van der Waals surface area contributed by atoms with Crippen LogP contribution < -0.4 is 5.43 Å². The third kappa shape index (κ3) is 1.96. The van der Waals surface area contributed by atoms with Crippen molar-refractivity contribution in [3.05, 3.63) is 33.2 Å². The van der Waals surface area contributed by atoms with E-state index in [0.717, 1.165) is 0 Å². The fourth-order valence-electron chi connectivity index (χ4n) is 1.03. The Kier molecular flexibility index (Phi) is 3.19. The highest BCUT2D eigenvalue weighted by atomic mass is 79.9. The van der Waals surface area contributed by atoms with Crippen LogP contribution in [0.1, 0.15) is 23.2 Å². The lowest BCUT2D eigenvalue weighted by atomic mass is 10.1. The van der Waals surface area contributed by atoms with Crippen molar-refractivity contribution in [3.63, 3.8) is 0 Å². The van der Waals surface area contributed by atoms with Crippen molar-refractivity contribution in [2.75, 3.05) is 0 Å². The van der Waals surface area contributed by atoms with Gasteiger partial charge in [0.05, 0.1) is 5.56 Å². The Bertz CT molecular complexity index is 362. The molecule has 1 heterocycles. The minimum Gasteiger partial charge on any atom is -0.363 e. The maximum absolute atomic E-state index is 12.4. The molecule has 0 aliphatic carbocycles. The van der Waals surface area contributed by atoms with Gasteiger partial charge in [0.25, 0.3) is 6.43 Å². The number of pyridine rings is 1. The van der Waals surface area contributed by atoms with Crippen LogP contribution in [0.15, 0.2) is 11.0 Å². The van der Waals surface area contributed by atoms with Crippen LogP contribution in [-0.2, 0) is 5.33 Å². The Morgan fingerprint density at radius 2 is 2.23 bits per heavy atom. The number of hydrogen-bond acceptors (Lipinski definition) is 1. The molecule has 0 amide bonds. The van der Waals surface area contributed by atoms with Crippen molar-refractivity contribution in [1.82, 2.24) is 4.98 Å². The van der Waals surface area contributed by atoms with E-state index in [1.165, 1.54) is 13.1 Å². The Morgan fingerprint density at radius 3 is 2.69 bits per heavy atom. The predicted octanol–water partition coefficient (Wildman–Crippen LogP) is 2.52. The third-order valence-electron chi connectivity index (χ3n) is 1.74. The smallest absolute Gasteiger partial charge is 0.269 e. The van der Waals surface area contributed by atoms with Crippen molar-refractivity contribution >= 4 is 15.9 Å². The standard InChI is InChI=1S/C8H8BrF2NO/c1-4-3-12-5(2-9)6(7(4)13)8(10)11/h3,8H,2H2,1H3,(H,12,13). The molecule has 0 bridgehead atoms. The number of alkyl halides is 3. The lowest BCUT2D eigenvalue weighted by Crippen LogP contribution is -2.16. The zero-order valence-electron chi connectivity index (χ0n) is 6.90. The van der Waals surface area contributed by atoms with Gasteiger partial charge in [-0.25, -0.2) is 8.78 Å². The van der Waals surface area contributed by atoms with Crippen LogP contribution in [-0.4, -0.2) is 4.98 Å². The average Bonchev–Trinajstić information content (AvgIpc) is 2.08. The first-order chi connectivity index (χ1) is 6.07. The number of H-pyrrole nitrogens is 1. The van der Waals surface area contributed by atoms with Gasteiger partial charge in [-0.2, -0.15) is 0 Å². The minimum atomic E-state index is -2.73. The highest BCUT2D eigenvalue weighted by Crippen LogP contribution is 2.19. The monoisotopic (exact) mass is 251 g/mol. The van der Waals surface area contributed by atoms with E-state index in [4.69, 9.17) is 0 Å². The average molecular weight is 252 g/mol. The third-order valence-corrected chi connectivity index (χ3v) is 2.30. The Balaban J connectivity index is 3.42. The number of rotatable bonds is 2. The van der Waals surface area contributed by atoms with E-state index in [1.54, 1.807) is 0 Å². The lowest BCUT2D eigenvalue weighted by molar-refractivity contribution is 0.148. The molecular weight excluding hydrogens is 244 g/mol. The first-order valence-corrected chi connectivity index (χ1v) is 4.75. The molecular formula is C8H8BrF2NO. The van der Waals surface area contributed by atoms with Gasteiger partial charge in [-0.05, 0) is 6.92 Å². The van der Waals surface area contributed by atoms with Crippen LogP contribution in [0.3, 0.4) is 0 Å². The Hall–Kier alpha value is -0.710. The highest BCUT2D eigenvalue weighted by Gasteiger charge is 2.17. The van der Waals surface area contributed by atoms with Crippen LogP contribution in [0.4, 0.5) is 8.78 Å². The molecule has 0 radical (unpaired) electrons. The van der Waals surface area contributed by atoms with E-state index in [9.17, 15) is 13.6 Å². The zero-order chi connectivity index (χ0) is 10.0. The van der Waals surface area contributed by atoms with Crippen molar-refractivity contribution < 1.29 is 8.78 Å². The van der Waals surface area contributed by atoms with E-state index in [2.05, 4.69) is 20.9 Å². The molecule has 0 aromatic carbocycles. The number of aromatic nitrogens is 1. The van der Waals surface area contributed by atoms with Gasteiger partial charge in [0.2, 0.25) is 0 Å². The highest BCUT2D eigenvalue weighted by molar-refractivity contribution is 9.08. The molecule has 2 nitrogen and oxygen atoms in total. The summed E-state index contributed by atoms with van der Waals surface area (Å²) >= 11 is 3.03. The molecule has 0 spiro atoms. The van der Waals surface area contributed by atoms with E-state index >= 15 is 0 Å². The summed E-state index contributed by atoms with van der Waals surface area (Å²) in [6.07, 6.45) is -1.29. The molecule has 72 valence electrons. The summed E-state index contributed by atoms with van der Waals surface area (Å²) in [5.74, 6) is 0. The second kappa shape index (κ2) is 4.00. The molecule has 13 heavy (non-hydrogen) atoms. The van der Waals surface area contributed by atoms with Crippen LogP contribution in [0, 0.1) is 6.92 Å². The summed E-state index contributed by atoms with van der Waals surface area (Å²) < 4.78 is 24.8. The Labute approximate surface area is 82.1 Å². The van der Waals surface area contributed by atoms with Gasteiger partial charge in [-0.1, -0.05) is 15.9 Å². The molecule has 1 aromatic rings. The molecule has 0 saturated heterocycles. The van der Waals surface area contributed by atoms with Crippen LogP contribution >= 0.6 is 15.9 Å². The number of hydrogen-bond donors (Lipinski definition) is 1. The molecule has 0 saturated carbocycles. The number of nitrogens with one attached hydrogen (secondary N) is 1. The van der Waals surface area contributed by atoms with Crippen molar-refractivity contribution in [3.8, 4) is 0 Å². The molecule has 0 aliphatic heterocycles. The first-order valence-electron chi connectivity index (χ1n) is 3.63. The summed E-state index contributed by atoms with van der Waals surface area (Å²) in [6, 6.07) is 0. The quantitative estimate of drug-likeness (QED) is 0.806. The summed E-state index contributed by atoms with van der Waals surface area (Å²) in [6.45, 7) is 1.50. The lowest BCUT2D eigenvalue weighted by Gasteiger charge is -2.05. The minimum absolute atomic E-state index is 0.224. The molecule has 0 unspecified atom stereocenters. The fraction of sp³-hybridized carbons (Fsp3) is 0.375. The van der Waals surface area contributed by atoms with E-state index < -0.39 is 17.4 Å².